The summed E-state index contributed by atoms with van der Waals surface area (Å²) >= 11 is 0. The highest BCUT2D eigenvalue weighted by atomic mass is 16.3. The number of urea groups is 1. The molecular weight excluding hydrogens is 380 g/mol. The fourth-order valence-corrected chi connectivity index (χ4v) is 3.29. The Labute approximate surface area is 181 Å². The third kappa shape index (κ3) is 11.2. The van der Waals surface area contributed by atoms with E-state index in [1.54, 1.807) is 0 Å². The molecule has 7 nitrogen and oxygen atoms in total. The number of unbranched alkanes of at least 4 members (excludes halogenated alkanes) is 11. The molecule has 0 atom stereocenters. The Kier molecular flexibility index (Phi) is 14.4. The maximum Gasteiger partial charge on any atom is 0.340 e. The second-order valence-corrected chi connectivity index (χ2v) is 7.67. The van der Waals surface area contributed by atoms with Crippen molar-refractivity contribution in [1.82, 2.24) is 15.8 Å². The van der Waals surface area contributed by atoms with E-state index in [0.717, 1.165) is 17.9 Å². The van der Waals surface area contributed by atoms with Crippen LogP contribution >= 0.6 is 0 Å². The van der Waals surface area contributed by atoms with Gasteiger partial charge in [0.15, 0.2) is 0 Å². The van der Waals surface area contributed by atoms with Crippen molar-refractivity contribution in [1.29, 1.82) is 0 Å². The second kappa shape index (κ2) is 16.7. The van der Waals surface area contributed by atoms with Gasteiger partial charge in [0.05, 0.1) is 6.67 Å². The molecule has 0 aliphatic heterocycles. The Morgan fingerprint density at radius 1 is 0.867 bits per heavy atom. The average molecular weight is 421 g/mol. The molecule has 0 spiro atoms. The van der Waals surface area contributed by atoms with E-state index in [0.29, 0.717) is 12.1 Å². The number of phenolic OH excluding ortho intramolecular Hbond substituents is 1. The lowest BCUT2D eigenvalue weighted by Gasteiger charge is -2.21. The summed E-state index contributed by atoms with van der Waals surface area (Å²) in [5.41, 5.74) is 8.58. The molecule has 170 valence electrons. The molecule has 30 heavy (non-hydrogen) atoms. The van der Waals surface area contributed by atoms with Gasteiger partial charge in [-0.25, -0.2) is 10.2 Å². The van der Waals surface area contributed by atoms with E-state index in [9.17, 15) is 14.7 Å². The number of hydrogen-bond acceptors (Lipinski definition) is 5. The van der Waals surface area contributed by atoms with Gasteiger partial charge in [0.25, 0.3) is 5.91 Å². The van der Waals surface area contributed by atoms with E-state index >= 15 is 0 Å². The van der Waals surface area contributed by atoms with Gasteiger partial charge in [-0.3, -0.25) is 4.79 Å². The zero-order chi connectivity index (χ0) is 22.0. The largest absolute Gasteiger partial charge is 0.508 e. The SMILES string of the molecule is CCCCCCCCCCCCCCNN(C(=O)NCN)C(=O)c1ccc(O)cc1. The zero-order valence-corrected chi connectivity index (χ0v) is 18.5. The smallest absolute Gasteiger partial charge is 0.340 e. The number of nitrogens with two attached hydrogens (primary N) is 1. The van der Waals surface area contributed by atoms with Crippen molar-refractivity contribution in [2.75, 3.05) is 13.2 Å². The first kappa shape index (κ1) is 25.9. The van der Waals surface area contributed by atoms with Crippen LogP contribution in [0.25, 0.3) is 0 Å². The molecule has 1 rings (SSSR count). The van der Waals surface area contributed by atoms with Crippen molar-refractivity contribution in [2.24, 2.45) is 5.73 Å². The number of amides is 3. The van der Waals surface area contributed by atoms with E-state index < -0.39 is 11.9 Å². The maximum absolute atomic E-state index is 12.6. The summed E-state index contributed by atoms with van der Waals surface area (Å²) < 4.78 is 0. The minimum Gasteiger partial charge on any atom is -0.508 e. The Morgan fingerprint density at radius 3 is 1.87 bits per heavy atom. The predicted molar refractivity (Wildman–Crippen MR) is 121 cm³/mol. The van der Waals surface area contributed by atoms with Crippen LogP contribution in [-0.4, -0.2) is 35.3 Å². The minimum atomic E-state index is -0.588. The molecule has 7 heteroatoms. The first-order chi connectivity index (χ1) is 14.6. The van der Waals surface area contributed by atoms with Crippen LogP contribution in [0, 0.1) is 0 Å². The van der Waals surface area contributed by atoms with Gasteiger partial charge >= 0.3 is 6.03 Å². The topological polar surface area (TPSA) is 108 Å². The number of phenols is 1. The van der Waals surface area contributed by atoms with Gasteiger partial charge in [-0.05, 0) is 30.7 Å². The van der Waals surface area contributed by atoms with Gasteiger partial charge in [0, 0.05) is 12.1 Å². The van der Waals surface area contributed by atoms with Gasteiger partial charge in [-0.15, -0.1) is 0 Å². The van der Waals surface area contributed by atoms with Crippen molar-refractivity contribution < 1.29 is 14.7 Å². The number of carbonyl (C=O) groups excluding carboxylic acids is 2. The quantitative estimate of drug-likeness (QED) is 0.177. The van der Waals surface area contributed by atoms with Crippen molar-refractivity contribution in [3.8, 4) is 5.75 Å². The van der Waals surface area contributed by atoms with Crippen LogP contribution in [0.15, 0.2) is 24.3 Å². The standard InChI is InChI=1S/C23H40N4O3/c1-2-3-4-5-6-7-8-9-10-11-12-13-18-26-27(23(30)25-19-24)22(29)20-14-16-21(28)17-15-20/h14-17,26,28H,2-13,18-19,24H2,1H3,(H,25,30). The molecule has 0 fully saturated rings. The molecule has 0 unspecified atom stereocenters. The molecule has 0 bridgehead atoms. The zero-order valence-electron chi connectivity index (χ0n) is 18.5. The molecule has 0 heterocycles. The Bertz CT molecular complexity index is 593. The first-order valence-electron chi connectivity index (χ1n) is 11.4. The van der Waals surface area contributed by atoms with Crippen LogP contribution in [0.2, 0.25) is 0 Å². The fraction of sp³-hybridized carbons (Fsp3) is 0.652. The molecule has 0 radical (unpaired) electrons. The lowest BCUT2D eigenvalue weighted by atomic mass is 10.1. The van der Waals surface area contributed by atoms with Crippen LogP contribution in [-0.2, 0) is 0 Å². The molecule has 0 aromatic heterocycles. The minimum absolute atomic E-state index is 0.0571. The molecular formula is C23H40N4O3. The van der Waals surface area contributed by atoms with Crippen molar-refractivity contribution in [3.05, 3.63) is 29.8 Å². The molecule has 5 N–H and O–H groups in total. The van der Waals surface area contributed by atoms with Crippen LogP contribution in [0.4, 0.5) is 4.79 Å². The van der Waals surface area contributed by atoms with Crippen LogP contribution in [0.5, 0.6) is 5.75 Å². The number of nitrogens with one attached hydrogen (secondary N) is 2. The number of aromatic hydroxyl groups is 1. The number of hydrogen-bond donors (Lipinski definition) is 4. The van der Waals surface area contributed by atoms with Gasteiger partial charge in [-0.1, -0.05) is 77.6 Å². The molecule has 0 saturated heterocycles. The summed E-state index contributed by atoms with van der Waals surface area (Å²) in [6.45, 7) is 2.72. The summed E-state index contributed by atoms with van der Waals surface area (Å²) in [6, 6.07) is 5.20. The number of nitrogens with zero attached hydrogens (tertiary/aromatic N) is 1. The maximum atomic E-state index is 12.6. The van der Waals surface area contributed by atoms with Gasteiger partial charge < -0.3 is 16.2 Å². The fourth-order valence-electron chi connectivity index (χ4n) is 3.29. The summed E-state index contributed by atoms with van der Waals surface area (Å²) in [4.78, 5) is 24.8. The number of carbonyl (C=O) groups is 2. The number of rotatable bonds is 16. The summed E-state index contributed by atoms with van der Waals surface area (Å²) in [5.74, 6) is -0.422. The highest BCUT2D eigenvalue weighted by Gasteiger charge is 2.22. The Balaban J connectivity index is 2.22. The lowest BCUT2D eigenvalue weighted by molar-refractivity contribution is 0.0726. The average Bonchev–Trinajstić information content (AvgIpc) is 2.74. The summed E-state index contributed by atoms with van der Waals surface area (Å²) in [6.07, 6.45) is 15.1. The summed E-state index contributed by atoms with van der Waals surface area (Å²) in [5, 5.41) is 12.8. The number of imide groups is 1. The highest BCUT2D eigenvalue weighted by Crippen LogP contribution is 2.13. The number of benzene rings is 1. The van der Waals surface area contributed by atoms with Crippen molar-refractivity contribution in [2.45, 2.75) is 84.0 Å². The molecule has 3 amide bonds. The molecule has 0 aliphatic rings. The van der Waals surface area contributed by atoms with E-state index in [2.05, 4.69) is 17.7 Å². The van der Waals surface area contributed by atoms with Gasteiger partial charge in [0.2, 0.25) is 0 Å². The van der Waals surface area contributed by atoms with Gasteiger partial charge in [-0.2, -0.15) is 5.01 Å². The lowest BCUT2D eigenvalue weighted by Crippen LogP contribution is -2.52. The number of hydrazine groups is 1. The second-order valence-electron chi connectivity index (χ2n) is 7.67. The van der Waals surface area contributed by atoms with E-state index in [-0.39, 0.29) is 12.4 Å². The third-order valence-corrected chi connectivity index (χ3v) is 5.07. The normalized spacial score (nSPS) is 10.7. The summed E-state index contributed by atoms with van der Waals surface area (Å²) in [7, 11) is 0. The first-order valence-corrected chi connectivity index (χ1v) is 11.4. The molecule has 1 aromatic rings. The van der Waals surface area contributed by atoms with Gasteiger partial charge in [0.1, 0.15) is 5.75 Å². The highest BCUT2D eigenvalue weighted by molar-refractivity contribution is 6.03. The molecule has 1 aromatic carbocycles. The molecule has 0 saturated carbocycles. The van der Waals surface area contributed by atoms with E-state index in [4.69, 9.17) is 5.73 Å². The Hall–Kier alpha value is -2.12. The molecule has 0 aliphatic carbocycles. The Morgan fingerprint density at radius 2 is 1.37 bits per heavy atom. The van der Waals surface area contributed by atoms with E-state index in [1.807, 2.05) is 0 Å². The van der Waals surface area contributed by atoms with Crippen molar-refractivity contribution >= 4 is 11.9 Å². The van der Waals surface area contributed by atoms with Crippen LogP contribution in [0.3, 0.4) is 0 Å². The van der Waals surface area contributed by atoms with E-state index in [1.165, 1.54) is 88.5 Å². The van der Waals surface area contributed by atoms with Crippen LogP contribution in [0.1, 0.15) is 94.3 Å². The predicted octanol–water partition coefficient (Wildman–Crippen LogP) is 4.67. The monoisotopic (exact) mass is 420 g/mol. The third-order valence-electron chi connectivity index (χ3n) is 5.07. The van der Waals surface area contributed by atoms with Crippen molar-refractivity contribution in [3.63, 3.8) is 0 Å². The van der Waals surface area contributed by atoms with Crippen LogP contribution < -0.4 is 16.5 Å².